The van der Waals surface area contributed by atoms with Crippen LogP contribution in [0.2, 0.25) is 0 Å². The Labute approximate surface area is 76.3 Å². The molecule has 1 atom stereocenters. The van der Waals surface area contributed by atoms with E-state index in [0.717, 1.165) is 12.8 Å². The Balaban J connectivity index is 2.11. The van der Waals surface area contributed by atoms with Gasteiger partial charge in [-0.2, -0.15) is 4.98 Å². The van der Waals surface area contributed by atoms with E-state index < -0.39 is 6.17 Å². The molecule has 1 aromatic heterocycles. The number of hydrogen-bond acceptors (Lipinski definition) is 3. The van der Waals surface area contributed by atoms with Gasteiger partial charge < -0.3 is 4.52 Å². The third-order valence-electron chi connectivity index (χ3n) is 2.22. The maximum Gasteiger partial charge on any atom is 0.261 e. The van der Waals surface area contributed by atoms with Crippen molar-refractivity contribution in [3.8, 4) is 0 Å². The summed E-state index contributed by atoms with van der Waals surface area (Å²) in [5.74, 6) is 1.14. The van der Waals surface area contributed by atoms with Gasteiger partial charge in [-0.25, -0.2) is 4.39 Å². The van der Waals surface area contributed by atoms with Crippen molar-refractivity contribution in [2.45, 2.75) is 38.8 Å². The van der Waals surface area contributed by atoms with Crippen molar-refractivity contribution in [3.63, 3.8) is 0 Å². The first-order valence-electron chi connectivity index (χ1n) is 4.66. The van der Waals surface area contributed by atoms with E-state index >= 15 is 0 Å². The van der Waals surface area contributed by atoms with Crippen molar-refractivity contribution in [2.75, 3.05) is 0 Å². The summed E-state index contributed by atoms with van der Waals surface area (Å²) in [7, 11) is 0. The Morgan fingerprint density at radius 1 is 1.46 bits per heavy atom. The van der Waals surface area contributed by atoms with Crippen molar-refractivity contribution in [3.05, 3.63) is 11.7 Å². The van der Waals surface area contributed by atoms with Gasteiger partial charge in [0.05, 0.1) is 0 Å². The highest BCUT2D eigenvalue weighted by molar-refractivity contribution is 5.04. The van der Waals surface area contributed by atoms with Crippen LogP contribution in [-0.2, 0) is 0 Å². The van der Waals surface area contributed by atoms with E-state index in [2.05, 4.69) is 10.1 Å². The van der Waals surface area contributed by atoms with Gasteiger partial charge in [0.2, 0.25) is 0 Å². The van der Waals surface area contributed by atoms with Crippen LogP contribution in [0.1, 0.15) is 50.5 Å². The summed E-state index contributed by atoms with van der Waals surface area (Å²) < 4.78 is 18.2. The lowest BCUT2D eigenvalue weighted by atomic mass is 10.1. The number of aromatic nitrogens is 2. The van der Waals surface area contributed by atoms with Crippen LogP contribution in [0.4, 0.5) is 4.39 Å². The molecule has 1 saturated carbocycles. The van der Waals surface area contributed by atoms with Gasteiger partial charge in [-0.05, 0) is 18.8 Å². The average molecular weight is 184 g/mol. The van der Waals surface area contributed by atoms with Gasteiger partial charge >= 0.3 is 0 Å². The number of nitrogens with zero attached hydrogens (tertiary/aromatic N) is 2. The van der Waals surface area contributed by atoms with Gasteiger partial charge in [0.1, 0.15) is 0 Å². The second-order valence-corrected chi connectivity index (χ2v) is 3.91. The van der Waals surface area contributed by atoms with Crippen molar-refractivity contribution >= 4 is 0 Å². The molecule has 0 radical (unpaired) electrons. The maximum atomic E-state index is 13.4. The average Bonchev–Trinajstić information content (AvgIpc) is 2.83. The summed E-state index contributed by atoms with van der Waals surface area (Å²) in [5, 5.41) is 3.76. The minimum atomic E-state index is -1.13. The zero-order valence-corrected chi connectivity index (χ0v) is 7.83. The zero-order chi connectivity index (χ0) is 9.42. The molecule has 3 nitrogen and oxygen atoms in total. The molecule has 2 rings (SSSR count). The lowest BCUT2D eigenvalue weighted by Crippen LogP contribution is -2.00. The van der Waals surface area contributed by atoms with Crippen LogP contribution in [0.5, 0.6) is 0 Å². The number of alkyl halides is 1. The second-order valence-electron chi connectivity index (χ2n) is 3.91. The summed E-state index contributed by atoms with van der Waals surface area (Å²) in [4.78, 5) is 4.04. The van der Waals surface area contributed by atoms with E-state index in [1.165, 1.54) is 0 Å². The monoisotopic (exact) mass is 184 g/mol. The van der Waals surface area contributed by atoms with Gasteiger partial charge in [0.25, 0.3) is 5.89 Å². The van der Waals surface area contributed by atoms with Crippen LogP contribution in [0, 0.1) is 5.92 Å². The molecule has 0 amide bonds. The minimum Gasteiger partial charge on any atom is -0.336 e. The molecule has 0 spiro atoms. The first-order chi connectivity index (χ1) is 6.18. The molecule has 1 aromatic rings. The molecular weight excluding hydrogens is 171 g/mol. The number of halogens is 1. The van der Waals surface area contributed by atoms with Crippen LogP contribution in [0.3, 0.4) is 0 Å². The fourth-order valence-electron chi connectivity index (χ4n) is 1.15. The zero-order valence-electron chi connectivity index (χ0n) is 7.83. The molecule has 1 aliphatic carbocycles. The molecule has 0 aromatic carbocycles. The van der Waals surface area contributed by atoms with E-state index in [1.807, 2.05) is 0 Å². The van der Waals surface area contributed by atoms with Crippen LogP contribution < -0.4 is 0 Å². The first-order valence-corrected chi connectivity index (χ1v) is 4.66. The lowest BCUT2D eigenvalue weighted by Gasteiger charge is -2.04. The van der Waals surface area contributed by atoms with Gasteiger partial charge in [-0.3, -0.25) is 0 Å². The van der Waals surface area contributed by atoms with E-state index in [9.17, 15) is 4.39 Å². The summed E-state index contributed by atoms with van der Waals surface area (Å²) >= 11 is 0. The minimum absolute atomic E-state index is 0.104. The molecule has 1 unspecified atom stereocenters. The molecule has 4 heteroatoms. The third kappa shape index (κ3) is 1.71. The second kappa shape index (κ2) is 3.09. The number of hydrogen-bond donors (Lipinski definition) is 0. The molecule has 1 aliphatic rings. The Morgan fingerprint density at radius 3 is 2.69 bits per heavy atom. The molecule has 0 N–H and O–H groups in total. The van der Waals surface area contributed by atoms with Gasteiger partial charge in [-0.1, -0.05) is 19.0 Å². The quantitative estimate of drug-likeness (QED) is 0.724. The highest BCUT2D eigenvalue weighted by atomic mass is 19.1. The van der Waals surface area contributed by atoms with Crippen LogP contribution in [0.25, 0.3) is 0 Å². The molecule has 13 heavy (non-hydrogen) atoms. The SMILES string of the molecule is CC(C)C(F)c1nc(C2CC2)no1. The molecule has 72 valence electrons. The van der Waals surface area contributed by atoms with E-state index in [0.29, 0.717) is 11.7 Å². The highest BCUT2D eigenvalue weighted by Crippen LogP contribution is 2.39. The maximum absolute atomic E-state index is 13.4. The third-order valence-corrected chi connectivity index (χ3v) is 2.22. The summed E-state index contributed by atoms with van der Waals surface area (Å²) in [6.45, 7) is 3.59. The summed E-state index contributed by atoms with van der Waals surface area (Å²) in [6, 6.07) is 0. The van der Waals surface area contributed by atoms with Gasteiger partial charge in [0, 0.05) is 5.92 Å². The van der Waals surface area contributed by atoms with Crippen molar-refractivity contribution in [1.82, 2.24) is 10.1 Å². The fraction of sp³-hybridized carbons (Fsp3) is 0.778. The number of rotatable bonds is 3. The summed E-state index contributed by atoms with van der Waals surface area (Å²) in [5.41, 5.74) is 0. The normalized spacial score (nSPS) is 19.4. The van der Waals surface area contributed by atoms with Gasteiger partial charge in [-0.15, -0.1) is 0 Å². The predicted octanol–water partition coefficient (Wildman–Crippen LogP) is 2.61. The largest absolute Gasteiger partial charge is 0.336 e. The van der Waals surface area contributed by atoms with Crippen LogP contribution in [0.15, 0.2) is 4.52 Å². The Morgan fingerprint density at radius 2 is 2.15 bits per heavy atom. The van der Waals surface area contributed by atoms with Crippen molar-refractivity contribution in [2.24, 2.45) is 5.92 Å². The molecular formula is C9H13FN2O. The molecule has 1 heterocycles. The summed E-state index contributed by atoms with van der Waals surface area (Å²) in [6.07, 6.45) is 1.09. The Bertz CT molecular complexity index is 294. The molecule has 0 aliphatic heterocycles. The van der Waals surface area contributed by atoms with Gasteiger partial charge in [0.15, 0.2) is 12.0 Å². The smallest absolute Gasteiger partial charge is 0.261 e. The van der Waals surface area contributed by atoms with E-state index in [-0.39, 0.29) is 11.8 Å². The highest BCUT2D eigenvalue weighted by Gasteiger charge is 2.30. The standard InChI is InChI=1S/C9H13FN2O/c1-5(2)7(10)9-11-8(12-13-9)6-3-4-6/h5-7H,3-4H2,1-2H3. The van der Waals surface area contributed by atoms with E-state index in [4.69, 9.17) is 4.52 Å². The Hall–Kier alpha value is -0.930. The first kappa shape index (κ1) is 8.66. The lowest BCUT2D eigenvalue weighted by molar-refractivity contribution is 0.195. The van der Waals surface area contributed by atoms with E-state index in [1.54, 1.807) is 13.8 Å². The topological polar surface area (TPSA) is 38.9 Å². The molecule has 0 bridgehead atoms. The fourth-order valence-corrected chi connectivity index (χ4v) is 1.15. The molecule has 1 fully saturated rings. The van der Waals surface area contributed by atoms with Crippen molar-refractivity contribution < 1.29 is 8.91 Å². The predicted molar refractivity (Wildman–Crippen MR) is 45.0 cm³/mol. The van der Waals surface area contributed by atoms with Crippen molar-refractivity contribution in [1.29, 1.82) is 0 Å². The Kier molecular flexibility index (Phi) is 2.06. The molecule has 0 saturated heterocycles. The van der Waals surface area contributed by atoms with Crippen LogP contribution >= 0.6 is 0 Å². The van der Waals surface area contributed by atoms with Crippen LogP contribution in [-0.4, -0.2) is 10.1 Å².